The van der Waals surface area contributed by atoms with Crippen molar-refractivity contribution in [1.29, 1.82) is 5.26 Å². The van der Waals surface area contributed by atoms with Gasteiger partial charge in [0, 0.05) is 16.6 Å². The maximum atomic E-state index is 13.2. The second-order valence-corrected chi connectivity index (χ2v) is 7.97. The highest BCUT2D eigenvalue weighted by atomic mass is 32.1. The average molecular weight is 394 g/mol. The summed E-state index contributed by atoms with van der Waals surface area (Å²) in [6.45, 7) is 0.557. The Bertz CT molecular complexity index is 1170. The Hall–Kier alpha value is -3.05. The van der Waals surface area contributed by atoms with Gasteiger partial charge in [-0.05, 0) is 43.4 Å². The first kappa shape index (κ1) is 17.1. The standard InChI is InChI=1S/C20H18N4O3S/c21-7-8-24-17(10-22-12-5-6-14-15(9-12)27-11-26-14)23-19-18(20(24)25)13-3-1-2-4-16(13)28-19/h5-6,9,22H,1-4,8,10-11H2. The first-order chi connectivity index (χ1) is 13.7. The van der Waals surface area contributed by atoms with Gasteiger partial charge in [0.05, 0.1) is 18.0 Å². The van der Waals surface area contributed by atoms with Crippen LogP contribution in [0.2, 0.25) is 0 Å². The number of rotatable bonds is 4. The van der Waals surface area contributed by atoms with Gasteiger partial charge in [-0.1, -0.05) is 0 Å². The number of thiophene rings is 1. The maximum absolute atomic E-state index is 13.2. The first-order valence-corrected chi connectivity index (χ1v) is 10.1. The van der Waals surface area contributed by atoms with E-state index in [1.807, 2.05) is 18.2 Å². The minimum atomic E-state index is -0.103. The molecule has 3 aromatic rings. The lowest BCUT2D eigenvalue weighted by Gasteiger charge is -2.13. The second kappa shape index (κ2) is 6.84. The number of hydrogen-bond acceptors (Lipinski definition) is 7. The molecule has 0 bridgehead atoms. The van der Waals surface area contributed by atoms with E-state index in [1.54, 1.807) is 11.3 Å². The number of benzene rings is 1. The van der Waals surface area contributed by atoms with E-state index >= 15 is 0 Å². The van der Waals surface area contributed by atoms with E-state index in [1.165, 1.54) is 9.44 Å². The SMILES string of the molecule is N#CCn1c(CNc2ccc3c(c2)OCO3)nc2sc3c(c2c1=O)CCCC3. The molecule has 2 aromatic heterocycles. The van der Waals surface area contributed by atoms with Crippen molar-refractivity contribution in [2.24, 2.45) is 0 Å². The Balaban J connectivity index is 1.52. The minimum Gasteiger partial charge on any atom is -0.454 e. The van der Waals surface area contributed by atoms with Crippen LogP contribution in [0.15, 0.2) is 23.0 Å². The van der Waals surface area contributed by atoms with Gasteiger partial charge < -0.3 is 14.8 Å². The molecule has 0 saturated carbocycles. The Kier molecular flexibility index (Phi) is 4.17. The van der Waals surface area contributed by atoms with Crippen molar-refractivity contribution in [2.75, 3.05) is 12.1 Å². The zero-order valence-electron chi connectivity index (χ0n) is 15.2. The van der Waals surface area contributed by atoms with Gasteiger partial charge >= 0.3 is 0 Å². The molecular weight excluding hydrogens is 376 g/mol. The summed E-state index contributed by atoms with van der Waals surface area (Å²) in [5.74, 6) is 1.97. The molecule has 28 heavy (non-hydrogen) atoms. The fourth-order valence-electron chi connectivity index (χ4n) is 3.84. The lowest BCUT2D eigenvalue weighted by molar-refractivity contribution is 0.174. The van der Waals surface area contributed by atoms with Crippen molar-refractivity contribution < 1.29 is 9.47 Å². The summed E-state index contributed by atoms with van der Waals surface area (Å²) >= 11 is 1.62. The van der Waals surface area contributed by atoms with Crippen molar-refractivity contribution in [1.82, 2.24) is 9.55 Å². The van der Waals surface area contributed by atoms with E-state index in [4.69, 9.17) is 14.5 Å². The molecule has 0 radical (unpaired) electrons. The summed E-state index contributed by atoms with van der Waals surface area (Å²) in [6, 6.07) is 7.69. The third-order valence-corrected chi connectivity index (χ3v) is 6.39. The molecule has 0 spiro atoms. The number of aryl methyl sites for hydroxylation is 2. The molecule has 1 aromatic carbocycles. The maximum Gasteiger partial charge on any atom is 0.263 e. The van der Waals surface area contributed by atoms with Gasteiger partial charge in [-0.15, -0.1) is 11.3 Å². The molecule has 0 amide bonds. The number of nitriles is 1. The smallest absolute Gasteiger partial charge is 0.263 e. The summed E-state index contributed by atoms with van der Waals surface area (Å²) in [4.78, 5) is 20.0. The van der Waals surface area contributed by atoms with Gasteiger partial charge in [0.2, 0.25) is 6.79 Å². The van der Waals surface area contributed by atoms with Crippen molar-refractivity contribution in [3.8, 4) is 17.6 Å². The van der Waals surface area contributed by atoms with Gasteiger partial charge in [-0.2, -0.15) is 5.26 Å². The Labute approximate surface area is 165 Å². The molecule has 5 rings (SSSR count). The molecule has 1 aliphatic heterocycles. The predicted molar refractivity (Wildman–Crippen MR) is 106 cm³/mol. The van der Waals surface area contributed by atoms with Crippen LogP contribution in [-0.4, -0.2) is 16.3 Å². The summed E-state index contributed by atoms with van der Waals surface area (Å²) in [6.07, 6.45) is 4.20. The monoisotopic (exact) mass is 394 g/mol. The quantitative estimate of drug-likeness (QED) is 0.731. The van der Waals surface area contributed by atoms with Crippen LogP contribution in [0.1, 0.15) is 29.1 Å². The minimum absolute atomic E-state index is 0.00938. The molecule has 0 unspecified atom stereocenters. The molecule has 8 heteroatoms. The molecule has 2 aliphatic rings. The molecule has 142 valence electrons. The van der Waals surface area contributed by atoms with Crippen LogP contribution in [0, 0.1) is 11.3 Å². The Morgan fingerprint density at radius 3 is 3.00 bits per heavy atom. The number of hydrogen-bond donors (Lipinski definition) is 1. The summed E-state index contributed by atoms with van der Waals surface area (Å²) < 4.78 is 12.2. The van der Waals surface area contributed by atoms with E-state index in [9.17, 15) is 10.1 Å². The fourth-order valence-corrected chi connectivity index (χ4v) is 5.11. The molecule has 0 saturated heterocycles. The zero-order chi connectivity index (χ0) is 19.1. The molecule has 7 nitrogen and oxygen atoms in total. The molecule has 3 heterocycles. The fraction of sp³-hybridized carbons (Fsp3) is 0.350. The topological polar surface area (TPSA) is 89.2 Å². The van der Waals surface area contributed by atoms with Crippen LogP contribution >= 0.6 is 11.3 Å². The third kappa shape index (κ3) is 2.79. The second-order valence-electron chi connectivity index (χ2n) is 6.89. The lowest BCUT2D eigenvalue weighted by atomic mass is 9.97. The van der Waals surface area contributed by atoms with Gasteiger partial charge in [-0.3, -0.25) is 9.36 Å². The van der Waals surface area contributed by atoms with Crippen LogP contribution in [0.25, 0.3) is 10.2 Å². The molecule has 1 N–H and O–H groups in total. The number of ether oxygens (including phenoxy) is 2. The zero-order valence-corrected chi connectivity index (χ0v) is 16.0. The van der Waals surface area contributed by atoms with Crippen molar-refractivity contribution >= 4 is 27.2 Å². The number of nitrogens with zero attached hydrogens (tertiary/aromatic N) is 3. The number of fused-ring (bicyclic) bond motifs is 4. The van der Waals surface area contributed by atoms with Crippen LogP contribution in [0.5, 0.6) is 11.5 Å². The van der Waals surface area contributed by atoms with Crippen molar-refractivity contribution in [3.05, 3.63) is 44.8 Å². The van der Waals surface area contributed by atoms with E-state index in [0.29, 0.717) is 23.5 Å². The summed E-state index contributed by atoms with van der Waals surface area (Å²) in [5, 5.41) is 13.2. The molecule has 1 aliphatic carbocycles. The van der Waals surface area contributed by atoms with E-state index in [0.717, 1.165) is 47.5 Å². The highest BCUT2D eigenvalue weighted by Crippen LogP contribution is 2.35. The number of aromatic nitrogens is 2. The van der Waals surface area contributed by atoms with Gasteiger partial charge in [0.1, 0.15) is 17.2 Å². The Morgan fingerprint density at radius 1 is 1.25 bits per heavy atom. The normalized spacial score (nSPS) is 14.7. The predicted octanol–water partition coefficient (Wildman–Crippen LogP) is 3.20. The molecule has 0 fully saturated rings. The first-order valence-electron chi connectivity index (χ1n) is 9.29. The lowest BCUT2D eigenvalue weighted by Crippen LogP contribution is -2.26. The van der Waals surface area contributed by atoms with Crippen LogP contribution in [0.3, 0.4) is 0 Å². The van der Waals surface area contributed by atoms with Crippen molar-refractivity contribution in [2.45, 2.75) is 38.8 Å². The molecule has 0 atom stereocenters. The highest BCUT2D eigenvalue weighted by Gasteiger charge is 2.22. The van der Waals surface area contributed by atoms with E-state index < -0.39 is 0 Å². The van der Waals surface area contributed by atoms with Gasteiger partial charge in [-0.25, -0.2) is 4.98 Å². The van der Waals surface area contributed by atoms with E-state index in [2.05, 4.69) is 11.4 Å². The largest absolute Gasteiger partial charge is 0.454 e. The van der Waals surface area contributed by atoms with Crippen LogP contribution < -0.4 is 20.3 Å². The average Bonchev–Trinajstić information content (AvgIpc) is 3.32. The molecular formula is C20H18N4O3S. The van der Waals surface area contributed by atoms with E-state index in [-0.39, 0.29) is 18.9 Å². The van der Waals surface area contributed by atoms with Gasteiger partial charge in [0.15, 0.2) is 11.5 Å². The van der Waals surface area contributed by atoms with Crippen LogP contribution in [-0.2, 0) is 25.9 Å². The van der Waals surface area contributed by atoms with Crippen molar-refractivity contribution in [3.63, 3.8) is 0 Å². The summed E-state index contributed by atoms with van der Waals surface area (Å²) in [7, 11) is 0. The Morgan fingerprint density at radius 2 is 2.11 bits per heavy atom. The summed E-state index contributed by atoms with van der Waals surface area (Å²) in [5.41, 5.74) is 1.88. The number of anilines is 1. The van der Waals surface area contributed by atoms with Gasteiger partial charge in [0.25, 0.3) is 5.56 Å². The third-order valence-electron chi connectivity index (χ3n) is 5.21. The van der Waals surface area contributed by atoms with Crippen LogP contribution in [0.4, 0.5) is 5.69 Å². The highest BCUT2D eigenvalue weighted by molar-refractivity contribution is 7.18. The number of nitrogens with one attached hydrogen (secondary N) is 1.